The average Bonchev–Trinajstić information content (AvgIpc) is 3.20. The van der Waals surface area contributed by atoms with Crippen LogP contribution in [-0.2, 0) is 14.3 Å². The Morgan fingerprint density at radius 3 is 2.61 bits per heavy atom. The molecule has 4 nitrogen and oxygen atoms in total. The average molecular weight is 273 g/mol. The van der Waals surface area contributed by atoms with Crippen LogP contribution in [0.1, 0.15) is 32.6 Å². The van der Waals surface area contributed by atoms with Gasteiger partial charge in [-0.1, -0.05) is 0 Å². The zero-order valence-corrected chi connectivity index (χ0v) is 12.1. The van der Waals surface area contributed by atoms with Crippen molar-refractivity contribution < 1.29 is 14.3 Å². The Kier molecular flexibility index (Phi) is 4.92. The van der Waals surface area contributed by atoms with Crippen molar-refractivity contribution in [2.75, 3.05) is 26.1 Å². The third-order valence-electron chi connectivity index (χ3n) is 3.51. The minimum atomic E-state index is -0.543. The molecule has 18 heavy (non-hydrogen) atoms. The maximum Gasteiger partial charge on any atom is 0.326 e. The number of nitrogens with one attached hydrogen (secondary N) is 1. The molecule has 0 bridgehead atoms. The molecule has 2 rings (SSSR count). The van der Waals surface area contributed by atoms with Crippen LogP contribution in [0.15, 0.2) is 0 Å². The highest BCUT2D eigenvalue weighted by atomic mass is 32.2. The van der Waals surface area contributed by atoms with Crippen molar-refractivity contribution in [1.82, 2.24) is 5.32 Å². The molecule has 1 unspecified atom stereocenters. The van der Waals surface area contributed by atoms with Crippen LogP contribution in [0, 0.1) is 0 Å². The Hall–Kier alpha value is -0.260. The van der Waals surface area contributed by atoms with E-state index >= 15 is 0 Å². The van der Waals surface area contributed by atoms with E-state index in [9.17, 15) is 4.79 Å². The van der Waals surface area contributed by atoms with Gasteiger partial charge in [-0.05, 0) is 32.6 Å². The lowest BCUT2D eigenvalue weighted by molar-refractivity contribution is -0.147. The fraction of sp³-hybridized carbons (Fsp3) is 0.923. The van der Waals surface area contributed by atoms with E-state index in [-0.39, 0.29) is 5.97 Å². The number of carbonyl (C=O) groups is 1. The molecule has 104 valence electrons. The highest BCUT2D eigenvalue weighted by Gasteiger charge is 2.39. The van der Waals surface area contributed by atoms with Crippen molar-refractivity contribution >= 4 is 17.7 Å². The molecule has 0 aromatic heterocycles. The second kappa shape index (κ2) is 6.26. The Labute approximate surface area is 113 Å². The summed E-state index contributed by atoms with van der Waals surface area (Å²) in [5.74, 6) is 0.634. The van der Waals surface area contributed by atoms with Crippen LogP contribution in [0.2, 0.25) is 0 Å². The minimum Gasteiger partial charge on any atom is -0.468 e. The molecule has 1 atom stereocenters. The van der Waals surface area contributed by atoms with Gasteiger partial charge in [0.1, 0.15) is 5.54 Å². The third-order valence-corrected chi connectivity index (χ3v) is 5.20. The second-order valence-corrected chi connectivity index (χ2v) is 6.65. The fourth-order valence-corrected chi connectivity index (χ4v) is 3.49. The predicted molar refractivity (Wildman–Crippen MR) is 72.9 cm³/mol. The highest BCUT2D eigenvalue weighted by Crippen LogP contribution is 2.29. The number of methoxy groups -OCH3 is 1. The predicted octanol–water partition coefficient (Wildman–Crippen LogP) is 1.58. The first-order valence-corrected chi connectivity index (χ1v) is 7.74. The van der Waals surface area contributed by atoms with E-state index in [0.717, 1.165) is 31.8 Å². The van der Waals surface area contributed by atoms with Gasteiger partial charge in [-0.2, -0.15) is 11.8 Å². The van der Waals surface area contributed by atoms with E-state index in [4.69, 9.17) is 9.47 Å². The van der Waals surface area contributed by atoms with E-state index < -0.39 is 5.54 Å². The van der Waals surface area contributed by atoms with Crippen molar-refractivity contribution in [2.24, 2.45) is 0 Å². The second-order valence-electron chi connectivity index (χ2n) is 5.37. The molecule has 0 aromatic carbocycles. The molecule has 0 spiro atoms. The van der Waals surface area contributed by atoms with E-state index in [1.165, 1.54) is 20.0 Å². The van der Waals surface area contributed by atoms with Crippen molar-refractivity contribution in [3.63, 3.8) is 0 Å². The summed E-state index contributed by atoms with van der Waals surface area (Å²) in [5.41, 5.74) is -0.543. The monoisotopic (exact) mass is 273 g/mol. The lowest BCUT2D eigenvalue weighted by Gasteiger charge is -2.30. The van der Waals surface area contributed by atoms with Gasteiger partial charge in [0, 0.05) is 30.3 Å². The first-order valence-electron chi connectivity index (χ1n) is 6.69. The number of esters is 1. The molecule has 2 aliphatic rings. The number of ether oxygens (including phenoxy) is 2. The van der Waals surface area contributed by atoms with Crippen LogP contribution in [0.3, 0.4) is 0 Å². The molecule has 0 aromatic rings. The quantitative estimate of drug-likeness (QED) is 0.745. The Bertz CT molecular complexity index is 290. The molecule has 2 fully saturated rings. The summed E-state index contributed by atoms with van der Waals surface area (Å²) in [7, 11) is 1.47. The lowest BCUT2D eigenvalue weighted by atomic mass is 10.1. The Balaban J connectivity index is 1.85. The van der Waals surface area contributed by atoms with E-state index in [1.807, 2.05) is 18.7 Å². The largest absolute Gasteiger partial charge is 0.468 e. The van der Waals surface area contributed by atoms with Gasteiger partial charge >= 0.3 is 5.97 Å². The minimum absolute atomic E-state index is 0.144. The molecule has 1 saturated heterocycles. The standard InChI is InChI=1S/C13H23NO3S/c1-13(12(15)16-2,14-10-3-4-10)9-18-11-5-7-17-8-6-11/h10-11,14H,3-9H2,1-2H3. The number of carbonyl (C=O) groups excluding carboxylic acids is 1. The van der Waals surface area contributed by atoms with E-state index in [2.05, 4.69) is 5.32 Å². The molecule has 1 N–H and O–H groups in total. The van der Waals surface area contributed by atoms with Gasteiger partial charge in [0.25, 0.3) is 0 Å². The maximum atomic E-state index is 11.9. The topological polar surface area (TPSA) is 47.6 Å². The first-order chi connectivity index (χ1) is 8.64. The van der Waals surface area contributed by atoms with Gasteiger partial charge in [-0.3, -0.25) is 10.1 Å². The highest BCUT2D eigenvalue weighted by molar-refractivity contribution is 8.00. The zero-order chi connectivity index (χ0) is 13.0. The summed E-state index contributed by atoms with van der Waals surface area (Å²) in [5, 5.41) is 4.05. The van der Waals surface area contributed by atoms with Crippen LogP contribution in [0.4, 0.5) is 0 Å². The molecule has 1 aliphatic carbocycles. The Morgan fingerprint density at radius 1 is 1.39 bits per heavy atom. The van der Waals surface area contributed by atoms with Crippen LogP contribution >= 0.6 is 11.8 Å². The summed E-state index contributed by atoms with van der Waals surface area (Å²) >= 11 is 1.87. The maximum absolute atomic E-state index is 11.9. The van der Waals surface area contributed by atoms with Gasteiger partial charge < -0.3 is 9.47 Å². The Morgan fingerprint density at radius 2 is 2.06 bits per heavy atom. The number of thioether (sulfide) groups is 1. The van der Waals surface area contributed by atoms with Crippen LogP contribution < -0.4 is 5.32 Å². The summed E-state index contributed by atoms with van der Waals surface area (Å²) < 4.78 is 10.3. The third kappa shape index (κ3) is 3.87. The van der Waals surface area contributed by atoms with Gasteiger partial charge in [0.15, 0.2) is 0 Å². The zero-order valence-electron chi connectivity index (χ0n) is 11.2. The van der Waals surface area contributed by atoms with Crippen LogP contribution in [0.25, 0.3) is 0 Å². The van der Waals surface area contributed by atoms with E-state index in [1.54, 1.807) is 0 Å². The molecule has 1 saturated carbocycles. The van der Waals surface area contributed by atoms with Crippen LogP contribution in [-0.4, -0.2) is 48.9 Å². The molecular formula is C13H23NO3S. The summed E-state index contributed by atoms with van der Waals surface area (Å²) in [4.78, 5) is 11.9. The van der Waals surface area contributed by atoms with Gasteiger partial charge in [0.05, 0.1) is 7.11 Å². The normalized spacial score (nSPS) is 24.6. The number of hydrogen-bond acceptors (Lipinski definition) is 5. The number of rotatable bonds is 6. The van der Waals surface area contributed by atoms with Gasteiger partial charge in [-0.15, -0.1) is 0 Å². The first kappa shape index (κ1) is 14.2. The smallest absolute Gasteiger partial charge is 0.326 e. The van der Waals surface area contributed by atoms with Crippen molar-refractivity contribution in [1.29, 1.82) is 0 Å². The van der Waals surface area contributed by atoms with Crippen LogP contribution in [0.5, 0.6) is 0 Å². The van der Waals surface area contributed by atoms with Crippen molar-refractivity contribution in [3.8, 4) is 0 Å². The molecule has 0 amide bonds. The summed E-state index contributed by atoms with van der Waals surface area (Å²) in [6.45, 7) is 3.66. The molecule has 5 heteroatoms. The number of hydrogen-bond donors (Lipinski definition) is 1. The van der Waals surface area contributed by atoms with E-state index in [0.29, 0.717) is 11.3 Å². The summed E-state index contributed by atoms with van der Waals surface area (Å²) in [6.07, 6.45) is 4.53. The van der Waals surface area contributed by atoms with Gasteiger partial charge in [-0.25, -0.2) is 0 Å². The molecule has 1 aliphatic heterocycles. The molecular weight excluding hydrogens is 250 g/mol. The van der Waals surface area contributed by atoms with Crippen molar-refractivity contribution in [2.45, 2.75) is 49.4 Å². The van der Waals surface area contributed by atoms with Gasteiger partial charge in [0.2, 0.25) is 0 Å². The molecule has 1 heterocycles. The van der Waals surface area contributed by atoms with Crippen molar-refractivity contribution in [3.05, 3.63) is 0 Å². The summed E-state index contributed by atoms with van der Waals surface area (Å²) in [6, 6.07) is 0.504. The SMILES string of the molecule is COC(=O)C(C)(CSC1CCOCC1)NC1CC1. The molecule has 0 radical (unpaired) electrons. The lowest BCUT2D eigenvalue weighted by Crippen LogP contribution is -2.53. The fourth-order valence-electron chi connectivity index (χ4n) is 2.19.